The Labute approximate surface area is 143 Å². The molecule has 0 atom stereocenters. The Kier molecular flexibility index (Phi) is 7.16. The van der Waals surface area contributed by atoms with Crippen LogP contribution in [0.5, 0.6) is 11.5 Å². The van der Waals surface area contributed by atoms with Crippen LogP contribution in [0, 0.1) is 0 Å². The van der Waals surface area contributed by atoms with Crippen molar-refractivity contribution in [3.8, 4) is 11.5 Å². The lowest BCUT2D eigenvalue weighted by molar-refractivity contribution is 0.413. The van der Waals surface area contributed by atoms with Crippen LogP contribution in [0.4, 0.5) is 0 Å². The average Bonchev–Trinajstić information content (AvgIpc) is 2.59. The van der Waals surface area contributed by atoms with Crippen molar-refractivity contribution in [2.24, 2.45) is 0 Å². The Hall–Kier alpha value is -1.97. The zero-order valence-corrected chi connectivity index (χ0v) is 14.8. The fourth-order valence-corrected chi connectivity index (χ4v) is 2.99. The van der Waals surface area contributed by atoms with Crippen molar-refractivity contribution in [1.82, 2.24) is 0 Å². The van der Waals surface area contributed by atoms with Crippen LogP contribution < -0.4 is 10.4 Å². The predicted molar refractivity (Wildman–Crippen MR) is 97.0 cm³/mol. The van der Waals surface area contributed by atoms with E-state index in [1.807, 2.05) is 0 Å². The van der Waals surface area contributed by atoms with Crippen molar-refractivity contribution >= 4 is 11.0 Å². The minimum atomic E-state index is -0.437. The minimum Gasteiger partial charge on any atom is -0.507 e. The van der Waals surface area contributed by atoms with Crippen molar-refractivity contribution in [2.75, 3.05) is 7.11 Å². The smallest absolute Gasteiger partial charge is 0.343 e. The van der Waals surface area contributed by atoms with Crippen LogP contribution in [-0.4, -0.2) is 12.2 Å². The second-order valence-electron chi connectivity index (χ2n) is 6.30. The fourth-order valence-electron chi connectivity index (χ4n) is 2.99. The minimum absolute atomic E-state index is 0.0306. The van der Waals surface area contributed by atoms with Crippen molar-refractivity contribution in [3.05, 3.63) is 34.2 Å². The molecule has 4 heteroatoms. The van der Waals surface area contributed by atoms with Crippen molar-refractivity contribution in [1.29, 1.82) is 0 Å². The summed E-state index contributed by atoms with van der Waals surface area (Å²) in [6.07, 6.45) is 10.1. The zero-order chi connectivity index (χ0) is 17.4. The molecule has 0 aliphatic heterocycles. The molecule has 1 N–H and O–H groups in total. The molecule has 0 unspecified atom stereocenters. The second-order valence-corrected chi connectivity index (χ2v) is 6.30. The number of ether oxygens (including phenoxy) is 1. The topological polar surface area (TPSA) is 59.7 Å². The highest BCUT2D eigenvalue weighted by Crippen LogP contribution is 2.30. The maximum atomic E-state index is 12.1. The van der Waals surface area contributed by atoms with E-state index >= 15 is 0 Å². The molecular formula is C20H28O4. The third kappa shape index (κ3) is 4.76. The molecule has 24 heavy (non-hydrogen) atoms. The molecule has 4 nitrogen and oxygen atoms in total. The van der Waals surface area contributed by atoms with Gasteiger partial charge in [-0.3, -0.25) is 0 Å². The van der Waals surface area contributed by atoms with Gasteiger partial charge in [0.1, 0.15) is 17.1 Å². The maximum absolute atomic E-state index is 12.1. The highest BCUT2D eigenvalue weighted by molar-refractivity contribution is 5.85. The SMILES string of the molecule is CCCCCCCCCCc1c(O)c2cc(OC)ccc2oc1=O. The van der Waals surface area contributed by atoms with Crippen molar-refractivity contribution < 1.29 is 14.3 Å². The van der Waals surface area contributed by atoms with Crippen molar-refractivity contribution in [3.63, 3.8) is 0 Å². The Morgan fingerprint density at radius 2 is 1.71 bits per heavy atom. The van der Waals surface area contributed by atoms with E-state index in [1.165, 1.54) is 38.5 Å². The average molecular weight is 332 g/mol. The number of hydrogen-bond acceptors (Lipinski definition) is 4. The van der Waals surface area contributed by atoms with Gasteiger partial charge in [0.2, 0.25) is 0 Å². The zero-order valence-electron chi connectivity index (χ0n) is 14.8. The number of methoxy groups -OCH3 is 1. The molecule has 0 bridgehead atoms. The third-order valence-electron chi connectivity index (χ3n) is 4.46. The normalized spacial score (nSPS) is 11.1. The van der Waals surface area contributed by atoms with E-state index in [4.69, 9.17) is 9.15 Å². The van der Waals surface area contributed by atoms with Crippen LogP contribution in [-0.2, 0) is 6.42 Å². The molecule has 0 saturated heterocycles. The molecule has 0 fully saturated rings. The molecule has 0 saturated carbocycles. The van der Waals surface area contributed by atoms with Gasteiger partial charge in [0.25, 0.3) is 0 Å². The van der Waals surface area contributed by atoms with Gasteiger partial charge in [-0.2, -0.15) is 0 Å². The first-order valence-electron chi connectivity index (χ1n) is 9.00. The summed E-state index contributed by atoms with van der Waals surface area (Å²) in [6.45, 7) is 2.22. The first-order chi connectivity index (χ1) is 11.7. The third-order valence-corrected chi connectivity index (χ3v) is 4.46. The van der Waals surface area contributed by atoms with Gasteiger partial charge in [0, 0.05) is 0 Å². The van der Waals surface area contributed by atoms with Crippen LogP contribution in [0.2, 0.25) is 0 Å². The van der Waals surface area contributed by atoms with E-state index in [0.717, 1.165) is 12.8 Å². The first-order valence-corrected chi connectivity index (χ1v) is 9.00. The molecule has 0 amide bonds. The summed E-state index contributed by atoms with van der Waals surface area (Å²) < 4.78 is 10.5. The molecule has 2 rings (SSSR count). The van der Waals surface area contributed by atoms with Crippen molar-refractivity contribution in [2.45, 2.75) is 64.7 Å². The monoisotopic (exact) mass is 332 g/mol. The highest BCUT2D eigenvalue weighted by Gasteiger charge is 2.14. The van der Waals surface area contributed by atoms with Crippen LogP contribution >= 0.6 is 0 Å². The van der Waals surface area contributed by atoms with E-state index in [2.05, 4.69) is 6.92 Å². The van der Waals surface area contributed by atoms with E-state index in [-0.39, 0.29) is 5.75 Å². The lowest BCUT2D eigenvalue weighted by Gasteiger charge is -2.08. The lowest BCUT2D eigenvalue weighted by Crippen LogP contribution is -2.08. The first kappa shape index (κ1) is 18.4. The van der Waals surface area contributed by atoms with Gasteiger partial charge in [0.05, 0.1) is 18.1 Å². The summed E-state index contributed by atoms with van der Waals surface area (Å²) in [4.78, 5) is 12.1. The molecular weight excluding hydrogens is 304 g/mol. The molecule has 0 aliphatic carbocycles. The summed E-state index contributed by atoms with van der Waals surface area (Å²) in [5, 5.41) is 11.0. The summed E-state index contributed by atoms with van der Waals surface area (Å²) in [5.74, 6) is 0.660. The fraction of sp³-hybridized carbons (Fsp3) is 0.550. The van der Waals surface area contributed by atoms with Crippen LogP contribution in [0.3, 0.4) is 0 Å². The van der Waals surface area contributed by atoms with Gasteiger partial charge in [0.15, 0.2) is 0 Å². The highest BCUT2D eigenvalue weighted by atomic mass is 16.5. The van der Waals surface area contributed by atoms with Gasteiger partial charge in [-0.1, -0.05) is 51.9 Å². The predicted octanol–water partition coefficient (Wildman–Crippen LogP) is 5.19. The van der Waals surface area contributed by atoms with Gasteiger partial charge < -0.3 is 14.3 Å². The van der Waals surface area contributed by atoms with Gasteiger partial charge in [-0.15, -0.1) is 0 Å². The summed E-state index contributed by atoms with van der Waals surface area (Å²) in [7, 11) is 1.57. The summed E-state index contributed by atoms with van der Waals surface area (Å²) >= 11 is 0. The Bertz CT molecular complexity index is 703. The quantitative estimate of drug-likeness (QED) is 0.480. The second kappa shape index (κ2) is 9.36. The number of aromatic hydroxyl groups is 1. The Morgan fingerprint density at radius 1 is 1.04 bits per heavy atom. The van der Waals surface area contributed by atoms with E-state index in [9.17, 15) is 9.90 Å². The lowest BCUT2D eigenvalue weighted by atomic mass is 10.0. The van der Waals surface area contributed by atoms with E-state index in [0.29, 0.717) is 28.7 Å². The number of unbranched alkanes of at least 4 members (excludes halogenated alkanes) is 7. The number of hydrogen-bond donors (Lipinski definition) is 1. The molecule has 0 aliphatic rings. The van der Waals surface area contributed by atoms with Gasteiger partial charge in [-0.25, -0.2) is 4.79 Å². The number of fused-ring (bicyclic) bond motifs is 1. The van der Waals surface area contributed by atoms with Gasteiger partial charge >= 0.3 is 5.63 Å². The van der Waals surface area contributed by atoms with E-state index < -0.39 is 5.63 Å². The summed E-state index contributed by atoms with van der Waals surface area (Å²) in [6, 6.07) is 5.06. The standard InChI is InChI=1S/C20H28O4/c1-3-4-5-6-7-8-9-10-11-16-19(21)17-14-15(23-2)12-13-18(17)24-20(16)22/h12-14,21H,3-11H2,1-2H3. The maximum Gasteiger partial charge on any atom is 0.343 e. The van der Waals surface area contributed by atoms with Gasteiger partial charge in [-0.05, 0) is 31.0 Å². The molecule has 1 aromatic carbocycles. The molecule has 2 aromatic rings. The molecule has 1 aromatic heterocycles. The van der Waals surface area contributed by atoms with Crippen LogP contribution in [0.1, 0.15) is 63.9 Å². The molecule has 0 radical (unpaired) electrons. The van der Waals surface area contributed by atoms with Crippen LogP contribution in [0.15, 0.2) is 27.4 Å². The molecule has 1 heterocycles. The molecule has 0 spiro atoms. The number of rotatable bonds is 10. The Morgan fingerprint density at radius 3 is 2.38 bits per heavy atom. The molecule has 132 valence electrons. The van der Waals surface area contributed by atoms with E-state index in [1.54, 1.807) is 25.3 Å². The summed E-state index contributed by atoms with van der Waals surface area (Å²) in [5.41, 5.74) is 0.327. The van der Waals surface area contributed by atoms with Crippen LogP contribution in [0.25, 0.3) is 11.0 Å². The largest absolute Gasteiger partial charge is 0.507 e. The Balaban J connectivity index is 1.95. The number of benzene rings is 1.